The Morgan fingerprint density at radius 1 is 1.50 bits per heavy atom. The van der Waals surface area contributed by atoms with Crippen molar-refractivity contribution in [2.24, 2.45) is 17.9 Å². The van der Waals surface area contributed by atoms with E-state index in [0.29, 0.717) is 0 Å². The molecule has 0 aromatic carbocycles. The first kappa shape index (κ1) is 13.5. The van der Waals surface area contributed by atoms with Gasteiger partial charge in [-0.15, -0.1) is 0 Å². The van der Waals surface area contributed by atoms with Crippen molar-refractivity contribution >= 4 is 17.6 Å². The smallest absolute Gasteiger partial charge is 0.275 e. The first-order chi connectivity index (χ1) is 9.52. The van der Waals surface area contributed by atoms with Crippen LogP contribution in [-0.4, -0.2) is 31.7 Å². The fourth-order valence-corrected chi connectivity index (χ4v) is 1.51. The summed E-state index contributed by atoms with van der Waals surface area (Å²) in [6.45, 7) is 0. The fraction of sp³-hybridized carbons (Fsp3) is 0.0909. The van der Waals surface area contributed by atoms with E-state index in [1.165, 1.54) is 16.9 Å². The number of nitrogens with two attached hydrogens (primary N) is 1. The Bertz CT molecular complexity index is 664. The van der Waals surface area contributed by atoms with Crippen molar-refractivity contribution < 1.29 is 14.4 Å². The van der Waals surface area contributed by atoms with Crippen LogP contribution in [0.25, 0.3) is 0 Å². The second kappa shape index (κ2) is 5.34. The molecule has 0 unspecified atom stereocenters. The van der Waals surface area contributed by atoms with Gasteiger partial charge in [0, 0.05) is 7.05 Å². The van der Waals surface area contributed by atoms with Gasteiger partial charge in [0.2, 0.25) is 0 Å². The minimum Gasteiger partial charge on any atom is -0.409 e. The second-order valence-corrected chi connectivity index (χ2v) is 3.83. The Balaban J connectivity index is 2.28. The molecule has 2 rings (SSSR count). The van der Waals surface area contributed by atoms with E-state index >= 15 is 0 Å². The first-order valence-corrected chi connectivity index (χ1v) is 5.45. The third-order valence-electron chi connectivity index (χ3n) is 2.51. The molecule has 0 aliphatic rings. The molecule has 2 aromatic heterocycles. The molecule has 4 N–H and O–H groups in total. The average molecular weight is 278 g/mol. The van der Waals surface area contributed by atoms with Crippen LogP contribution in [0, 0.1) is 5.82 Å². The number of nitrogens with one attached hydrogen (secondary N) is 1. The van der Waals surface area contributed by atoms with Crippen LogP contribution in [0.1, 0.15) is 16.1 Å². The van der Waals surface area contributed by atoms with Crippen LogP contribution < -0.4 is 11.1 Å². The van der Waals surface area contributed by atoms with Gasteiger partial charge in [-0.05, 0) is 12.1 Å². The molecule has 0 atom stereocenters. The molecule has 0 saturated heterocycles. The number of halogens is 1. The Morgan fingerprint density at radius 3 is 2.85 bits per heavy atom. The predicted octanol–water partition coefficient (Wildman–Crippen LogP) is 0.301. The number of amidine groups is 1. The van der Waals surface area contributed by atoms with Gasteiger partial charge >= 0.3 is 0 Å². The van der Waals surface area contributed by atoms with Crippen LogP contribution in [0.15, 0.2) is 29.7 Å². The average Bonchev–Trinajstić information content (AvgIpc) is 2.80. The maximum absolute atomic E-state index is 12.7. The molecule has 2 aromatic rings. The SMILES string of the molecule is Cn1ncc(/C(N)=N/O)c1NC(=O)c1ccc(F)cn1. The topological polar surface area (TPSA) is 118 Å². The molecular formula is C11H11FN6O2. The van der Waals surface area contributed by atoms with E-state index in [1.54, 1.807) is 7.05 Å². The number of nitrogens with zero attached hydrogens (tertiary/aromatic N) is 4. The lowest BCUT2D eigenvalue weighted by atomic mass is 10.3. The number of aryl methyl sites for hydroxylation is 1. The van der Waals surface area contributed by atoms with E-state index in [2.05, 4.69) is 20.6 Å². The van der Waals surface area contributed by atoms with Gasteiger partial charge in [-0.1, -0.05) is 5.16 Å². The molecule has 20 heavy (non-hydrogen) atoms. The van der Waals surface area contributed by atoms with Crippen molar-refractivity contribution in [1.82, 2.24) is 14.8 Å². The lowest BCUT2D eigenvalue weighted by molar-refractivity contribution is 0.102. The van der Waals surface area contributed by atoms with E-state index in [-0.39, 0.29) is 22.9 Å². The third-order valence-corrected chi connectivity index (χ3v) is 2.51. The monoisotopic (exact) mass is 278 g/mol. The summed E-state index contributed by atoms with van der Waals surface area (Å²) in [5.74, 6) is -1.07. The number of amides is 1. The van der Waals surface area contributed by atoms with Crippen LogP contribution in [0.4, 0.5) is 10.2 Å². The highest BCUT2D eigenvalue weighted by Crippen LogP contribution is 2.14. The zero-order valence-corrected chi connectivity index (χ0v) is 10.4. The molecular weight excluding hydrogens is 267 g/mol. The highest BCUT2D eigenvalue weighted by atomic mass is 19.1. The van der Waals surface area contributed by atoms with Crippen LogP contribution in [-0.2, 0) is 7.05 Å². The van der Waals surface area contributed by atoms with Gasteiger partial charge in [-0.3, -0.25) is 9.48 Å². The van der Waals surface area contributed by atoms with E-state index in [9.17, 15) is 9.18 Å². The molecule has 2 heterocycles. The lowest BCUT2D eigenvalue weighted by Gasteiger charge is -2.07. The number of aromatic nitrogens is 3. The van der Waals surface area contributed by atoms with Gasteiger partial charge in [0.05, 0.1) is 18.0 Å². The molecule has 0 aliphatic heterocycles. The quantitative estimate of drug-likeness (QED) is 0.323. The number of hydrogen-bond acceptors (Lipinski definition) is 5. The van der Waals surface area contributed by atoms with Gasteiger partial charge in [-0.25, -0.2) is 9.37 Å². The summed E-state index contributed by atoms with van der Waals surface area (Å²) >= 11 is 0. The number of pyridine rings is 1. The van der Waals surface area contributed by atoms with Crippen LogP contribution in [0.2, 0.25) is 0 Å². The van der Waals surface area contributed by atoms with Gasteiger partial charge < -0.3 is 16.3 Å². The molecule has 0 spiro atoms. The minimum atomic E-state index is -0.569. The van der Waals surface area contributed by atoms with E-state index in [0.717, 1.165) is 12.3 Å². The van der Waals surface area contributed by atoms with Crippen molar-refractivity contribution in [3.8, 4) is 0 Å². The molecule has 0 fully saturated rings. The summed E-state index contributed by atoms with van der Waals surface area (Å²) < 4.78 is 14.1. The maximum atomic E-state index is 12.7. The summed E-state index contributed by atoms with van der Waals surface area (Å²) in [5, 5.41) is 17.9. The summed E-state index contributed by atoms with van der Waals surface area (Å²) in [7, 11) is 1.57. The maximum Gasteiger partial charge on any atom is 0.275 e. The summed E-state index contributed by atoms with van der Waals surface area (Å²) in [4.78, 5) is 15.6. The molecule has 0 aliphatic carbocycles. The van der Waals surface area contributed by atoms with Gasteiger partial charge in [0.15, 0.2) is 5.84 Å². The molecule has 1 amide bonds. The molecule has 9 heteroatoms. The van der Waals surface area contributed by atoms with Crippen LogP contribution in [0.5, 0.6) is 0 Å². The summed E-state index contributed by atoms with van der Waals surface area (Å²) in [6, 6.07) is 2.36. The highest BCUT2D eigenvalue weighted by molar-refractivity contribution is 6.08. The molecule has 0 saturated carbocycles. The Morgan fingerprint density at radius 2 is 2.25 bits per heavy atom. The fourth-order valence-electron chi connectivity index (χ4n) is 1.51. The number of carbonyl (C=O) groups is 1. The first-order valence-electron chi connectivity index (χ1n) is 5.45. The standard InChI is InChI=1S/C11H11FN6O2/c1-18-10(7(5-15-18)9(13)17-20)16-11(19)8-3-2-6(12)4-14-8/h2-5,20H,1H3,(H2,13,17)(H,16,19). The van der Waals surface area contributed by atoms with Crippen LogP contribution >= 0.6 is 0 Å². The van der Waals surface area contributed by atoms with Gasteiger partial charge in [-0.2, -0.15) is 5.10 Å². The summed E-state index contributed by atoms with van der Waals surface area (Å²) in [6.07, 6.45) is 2.27. The zero-order chi connectivity index (χ0) is 14.7. The second-order valence-electron chi connectivity index (χ2n) is 3.83. The molecule has 8 nitrogen and oxygen atoms in total. The van der Waals surface area contributed by atoms with Gasteiger partial charge in [0.1, 0.15) is 17.3 Å². The number of carbonyl (C=O) groups excluding carboxylic acids is 1. The van der Waals surface area contributed by atoms with Crippen molar-refractivity contribution in [3.63, 3.8) is 0 Å². The Labute approximate surface area is 112 Å². The largest absolute Gasteiger partial charge is 0.409 e. The molecule has 0 radical (unpaired) electrons. The molecule has 0 bridgehead atoms. The highest BCUT2D eigenvalue weighted by Gasteiger charge is 2.16. The van der Waals surface area contributed by atoms with E-state index in [1.807, 2.05) is 0 Å². The molecule has 104 valence electrons. The number of oxime groups is 1. The Kier molecular flexibility index (Phi) is 3.60. The van der Waals surface area contributed by atoms with E-state index in [4.69, 9.17) is 10.9 Å². The lowest BCUT2D eigenvalue weighted by Crippen LogP contribution is -2.20. The van der Waals surface area contributed by atoms with Crippen LogP contribution in [0.3, 0.4) is 0 Å². The summed E-state index contributed by atoms with van der Waals surface area (Å²) in [5.41, 5.74) is 5.75. The number of anilines is 1. The third kappa shape index (κ3) is 2.55. The van der Waals surface area contributed by atoms with Crippen molar-refractivity contribution in [2.45, 2.75) is 0 Å². The zero-order valence-electron chi connectivity index (χ0n) is 10.4. The van der Waals surface area contributed by atoms with Crippen molar-refractivity contribution in [1.29, 1.82) is 0 Å². The number of rotatable bonds is 3. The van der Waals surface area contributed by atoms with Gasteiger partial charge in [0.25, 0.3) is 5.91 Å². The van der Waals surface area contributed by atoms with E-state index < -0.39 is 11.7 Å². The normalized spacial score (nSPS) is 11.4. The Hall–Kier alpha value is -2.97. The van der Waals surface area contributed by atoms with Crippen molar-refractivity contribution in [3.05, 3.63) is 41.6 Å². The minimum absolute atomic E-state index is 0.0260. The van der Waals surface area contributed by atoms with Crippen molar-refractivity contribution in [2.75, 3.05) is 5.32 Å². The predicted molar refractivity (Wildman–Crippen MR) is 67.9 cm³/mol. The number of hydrogen-bond donors (Lipinski definition) is 3.